The van der Waals surface area contributed by atoms with Crippen LogP contribution in [0, 0.1) is 0 Å². The van der Waals surface area contributed by atoms with E-state index in [2.05, 4.69) is 214 Å². The molecule has 0 amide bonds. The van der Waals surface area contributed by atoms with E-state index in [0.717, 1.165) is 44.2 Å². The Hall–Kier alpha value is -7.01. The lowest BCUT2D eigenvalue weighted by molar-refractivity contribution is 0.660. The van der Waals surface area contributed by atoms with Crippen molar-refractivity contribution in [2.75, 3.05) is 0 Å². The average Bonchev–Trinajstić information content (AvgIpc) is 3.84. The first kappa shape index (κ1) is 36.8. The lowest BCUT2D eigenvalue weighted by Gasteiger charge is -2.22. The van der Waals surface area contributed by atoms with Gasteiger partial charge in [-0.25, -0.2) is 9.97 Å². The summed E-state index contributed by atoms with van der Waals surface area (Å²) in [6.07, 6.45) is 0. The molecular formula is C58H43N3S. The first-order valence-electron chi connectivity index (χ1n) is 21.5. The molecule has 0 aliphatic heterocycles. The molecule has 4 heteroatoms. The van der Waals surface area contributed by atoms with Gasteiger partial charge in [-0.15, -0.1) is 0 Å². The predicted octanol–water partition coefficient (Wildman–Crippen LogP) is 15.3. The smallest absolute Gasteiger partial charge is 0.193 e. The Morgan fingerprint density at radius 2 is 0.855 bits per heavy atom. The molecule has 0 atom stereocenters. The van der Waals surface area contributed by atoms with Crippen LogP contribution in [0.15, 0.2) is 198 Å². The Bertz CT molecular complexity index is 3290. The zero-order valence-corrected chi connectivity index (χ0v) is 36.0. The molecule has 0 spiro atoms. The van der Waals surface area contributed by atoms with Crippen molar-refractivity contribution in [3.63, 3.8) is 0 Å². The maximum atomic E-state index is 5.24. The molecule has 2 heterocycles. The van der Waals surface area contributed by atoms with E-state index in [1.54, 1.807) is 11.8 Å². The third-order valence-corrected chi connectivity index (χ3v) is 14.4. The number of fused-ring (bicyclic) bond motifs is 9. The molecule has 0 bridgehead atoms. The van der Waals surface area contributed by atoms with Crippen LogP contribution < -0.4 is 0 Å². The van der Waals surface area contributed by atoms with Gasteiger partial charge in [0.1, 0.15) is 0 Å². The van der Waals surface area contributed by atoms with Crippen molar-refractivity contribution < 1.29 is 0 Å². The summed E-state index contributed by atoms with van der Waals surface area (Å²) in [5.74, 6) is 0. The van der Waals surface area contributed by atoms with Crippen LogP contribution in [0.5, 0.6) is 0 Å². The normalized spacial score (nSPS) is 14.1. The number of hydrogen-bond donors (Lipinski definition) is 0. The van der Waals surface area contributed by atoms with Crippen molar-refractivity contribution in [2.45, 2.75) is 48.6 Å². The molecule has 0 unspecified atom stereocenters. The van der Waals surface area contributed by atoms with Crippen molar-refractivity contribution in [3.05, 3.63) is 210 Å². The monoisotopic (exact) mass is 813 g/mol. The van der Waals surface area contributed by atoms with E-state index in [9.17, 15) is 0 Å². The molecule has 2 aromatic heterocycles. The Morgan fingerprint density at radius 3 is 1.42 bits per heavy atom. The molecule has 2 aliphatic rings. The molecule has 0 radical (unpaired) electrons. The second-order valence-corrected chi connectivity index (χ2v) is 18.8. The Kier molecular flexibility index (Phi) is 8.17. The molecule has 296 valence electrons. The van der Waals surface area contributed by atoms with Crippen molar-refractivity contribution in [1.29, 1.82) is 0 Å². The molecule has 0 N–H and O–H groups in total. The molecule has 0 saturated carbocycles. The second kappa shape index (κ2) is 13.8. The summed E-state index contributed by atoms with van der Waals surface area (Å²) in [6.45, 7) is 9.49. The van der Waals surface area contributed by atoms with Gasteiger partial charge in [0, 0.05) is 43.3 Å². The van der Waals surface area contributed by atoms with Gasteiger partial charge in [-0.05, 0) is 122 Å². The number of rotatable bonds is 6. The molecule has 3 nitrogen and oxygen atoms in total. The quantitative estimate of drug-likeness (QED) is 0.157. The van der Waals surface area contributed by atoms with Gasteiger partial charge < -0.3 is 4.57 Å². The number of aromatic nitrogens is 3. The fourth-order valence-electron chi connectivity index (χ4n) is 10.4. The van der Waals surface area contributed by atoms with Crippen LogP contribution in [0.3, 0.4) is 0 Å². The standard InChI is InChI=1S/C58H43N3S/c1-57(2)48-25-15-13-22-41(48)44-31-46-47-32-45-42-23-14-16-26-49(42)58(3,4)51(45)34-55(47)61(54(46)33-50(44)57)38-27-29-39(30-28-38)62-56-59-52(37-19-9-6-10-20-37)35-53(60-56)43-24-12-11-21-40(43)36-17-7-5-8-18-36/h5-35H,1-4H3. The molecule has 10 aromatic rings. The molecule has 0 saturated heterocycles. The number of nitrogens with zero attached hydrogens (tertiary/aromatic N) is 3. The second-order valence-electron chi connectivity index (χ2n) is 17.8. The van der Waals surface area contributed by atoms with E-state index in [1.807, 2.05) is 6.07 Å². The lowest BCUT2D eigenvalue weighted by atomic mass is 9.82. The van der Waals surface area contributed by atoms with Crippen molar-refractivity contribution in [2.24, 2.45) is 0 Å². The van der Waals surface area contributed by atoms with E-state index in [1.165, 1.54) is 66.3 Å². The van der Waals surface area contributed by atoms with E-state index in [-0.39, 0.29) is 10.8 Å². The van der Waals surface area contributed by atoms with Crippen molar-refractivity contribution in [3.8, 4) is 61.6 Å². The Morgan fingerprint density at radius 1 is 0.387 bits per heavy atom. The summed E-state index contributed by atoms with van der Waals surface area (Å²) in [7, 11) is 0. The third-order valence-electron chi connectivity index (χ3n) is 13.5. The van der Waals surface area contributed by atoms with Gasteiger partial charge >= 0.3 is 0 Å². The van der Waals surface area contributed by atoms with E-state index >= 15 is 0 Å². The topological polar surface area (TPSA) is 30.7 Å². The van der Waals surface area contributed by atoms with E-state index in [4.69, 9.17) is 9.97 Å². The summed E-state index contributed by atoms with van der Waals surface area (Å²) in [5, 5.41) is 3.27. The zero-order valence-electron chi connectivity index (χ0n) is 35.1. The van der Waals surface area contributed by atoms with Crippen molar-refractivity contribution in [1.82, 2.24) is 14.5 Å². The van der Waals surface area contributed by atoms with Crippen LogP contribution in [0.1, 0.15) is 49.9 Å². The van der Waals surface area contributed by atoms with Crippen LogP contribution in [-0.2, 0) is 10.8 Å². The van der Waals surface area contributed by atoms with Crippen LogP contribution in [0.2, 0.25) is 0 Å². The largest absolute Gasteiger partial charge is 0.309 e. The average molecular weight is 814 g/mol. The maximum Gasteiger partial charge on any atom is 0.193 e. The van der Waals surface area contributed by atoms with Gasteiger partial charge in [-0.1, -0.05) is 161 Å². The number of benzene rings is 8. The van der Waals surface area contributed by atoms with Gasteiger partial charge in [-0.3, -0.25) is 0 Å². The van der Waals surface area contributed by atoms with Gasteiger partial charge in [0.25, 0.3) is 0 Å². The highest BCUT2D eigenvalue weighted by Gasteiger charge is 2.38. The van der Waals surface area contributed by atoms with Crippen LogP contribution >= 0.6 is 11.8 Å². The highest BCUT2D eigenvalue weighted by molar-refractivity contribution is 7.99. The lowest BCUT2D eigenvalue weighted by Crippen LogP contribution is -2.15. The van der Waals surface area contributed by atoms with Crippen molar-refractivity contribution >= 4 is 33.6 Å². The minimum absolute atomic E-state index is 0.112. The SMILES string of the molecule is CC1(C)c2ccccc2-c2cc3c4cc5c(cc4n(-c4ccc(Sc6nc(-c7ccccc7)cc(-c7ccccc7-c7ccccc7)n6)cc4)c3cc21)C(C)(C)c1ccccc1-5. The summed E-state index contributed by atoms with van der Waals surface area (Å²) < 4.78 is 2.50. The summed E-state index contributed by atoms with van der Waals surface area (Å²) in [4.78, 5) is 11.5. The summed E-state index contributed by atoms with van der Waals surface area (Å²) in [6, 6.07) is 68.5. The molecule has 0 fully saturated rings. The fraction of sp³-hybridized carbons (Fsp3) is 0.103. The maximum absolute atomic E-state index is 5.24. The van der Waals surface area contributed by atoms with Gasteiger partial charge in [-0.2, -0.15) is 0 Å². The van der Waals surface area contributed by atoms with Crippen LogP contribution in [0.4, 0.5) is 0 Å². The molecule has 8 aromatic carbocycles. The van der Waals surface area contributed by atoms with Crippen LogP contribution in [0.25, 0.3) is 83.4 Å². The Labute approximate surface area is 366 Å². The minimum atomic E-state index is -0.112. The molecule has 12 rings (SSSR count). The summed E-state index contributed by atoms with van der Waals surface area (Å²) in [5.41, 5.74) is 20.5. The van der Waals surface area contributed by atoms with Gasteiger partial charge in [0.15, 0.2) is 5.16 Å². The van der Waals surface area contributed by atoms with Gasteiger partial charge in [0.05, 0.1) is 22.4 Å². The highest BCUT2D eigenvalue weighted by Crippen LogP contribution is 2.54. The molecule has 2 aliphatic carbocycles. The molecule has 62 heavy (non-hydrogen) atoms. The Balaban J connectivity index is 1.00. The van der Waals surface area contributed by atoms with Crippen LogP contribution in [-0.4, -0.2) is 14.5 Å². The van der Waals surface area contributed by atoms with E-state index in [0.29, 0.717) is 5.16 Å². The van der Waals surface area contributed by atoms with E-state index < -0.39 is 0 Å². The first-order chi connectivity index (χ1) is 30.2. The fourth-order valence-corrected chi connectivity index (χ4v) is 11.2. The predicted molar refractivity (Wildman–Crippen MR) is 258 cm³/mol. The number of hydrogen-bond acceptors (Lipinski definition) is 3. The zero-order chi connectivity index (χ0) is 41.7. The highest BCUT2D eigenvalue weighted by atomic mass is 32.2. The minimum Gasteiger partial charge on any atom is -0.309 e. The third kappa shape index (κ3) is 5.60. The summed E-state index contributed by atoms with van der Waals surface area (Å²) >= 11 is 1.61. The first-order valence-corrected chi connectivity index (χ1v) is 22.3. The van der Waals surface area contributed by atoms with Gasteiger partial charge in [0.2, 0.25) is 0 Å². The molecular weight excluding hydrogens is 771 g/mol.